The van der Waals surface area contributed by atoms with Crippen LogP contribution in [0.1, 0.15) is 67.6 Å². The van der Waals surface area contributed by atoms with Gasteiger partial charge in [-0.15, -0.1) is 22.7 Å². The summed E-state index contributed by atoms with van der Waals surface area (Å²) in [6, 6.07) is 9.98. The fourth-order valence-corrected chi connectivity index (χ4v) is 5.54. The topological polar surface area (TPSA) is 108 Å². The van der Waals surface area contributed by atoms with E-state index >= 15 is 0 Å². The summed E-state index contributed by atoms with van der Waals surface area (Å²) in [6.07, 6.45) is 3.68. The number of urea groups is 1. The minimum atomic E-state index is -0.419. The molecule has 0 saturated heterocycles. The first kappa shape index (κ1) is 32.5. The van der Waals surface area contributed by atoms with E-state index in [4.69, 9.17) is 4.74 Å². The first-order valence-corrected chi connectivity index (χ1v) is 16.0. The van der Waals surface area contributed by atoms with Gasteiger partial charge in [0.05, 0.1) is 27.6 Å². The van der Waals surface area contributed by atoms with E-state index in [0.717, 1.165) is 46.9 Å². The second-order valence-electron chi connectivity index (χ2n) is 10.9. The van der Waals surface area contributed by atoms with Crippen molar-refractivity contribution in [1.29, 1.82) is 0 Å². The zero-order valence-electron chi connectivity index (χ0n) is 24.8. The monoisotopic (exact) mass is 600 g/mol. The summed E-state index contributed by atoms with van der Waals surface area (Å²) < 4.78 is 5.40. The lowest BCUT2D eigenvalue weighted by atomic mass is 10.0. The predicted octanol–water partition coefficient (Wildman–Crippen LogP) is 5.80. The average molecular weight is 601 g/mol. The highest BCUT2D eigenvalue weighted by Crippen LogP contribution is 2.20. The molecule has 0 aliphatic rings. The SMILES string of the molecule is CC(C)c1nc(CN(C)C(=O)NC(CNCCC[C@H](Cc2ccccc2)NC(=O)OCc2cncs2)C(C)C)cs1. The van der Waals surface area contributed by atoms with Gasteiger partial charge in [0.25, 0.3) is 0 Å². The average Bonchev–Trinajstić information content (AvgIpc) is 3.64. The summed E-state index contributed by atoms with van der Waals surface area (Å²) in [7, 11) is 1.80. The molecule has 41 heavy (non-hydrogen) atoms. The van der Waals surface area contributed by atoms with Crippen molar-refractivity contribution in [3.8, 4) is 0 Å². The number of nitrogens with zero attached hydrogens (tertiary/aromatic N) is 3. The van der Waals surface area contributed by atoms with Crippen LogP contribution < -0.4 is 16.0 Å². The molecule has 224 valence electrons. The maximum absolute atomic E-state index is 12.9. The van der Waals surface area contributed by atoms with Gasteiger partial charge in [0.2, 0.25) is 0 Å². The zero-order valence-corrected chi connectivity index (χ0v) is 26.4. The number of carbonyl (C=O) groups is 2. The number of benzene rings is 1. The molecule has 9 nitrogen and oxygen atoms in total. The smallest absolute Gasteiger partial charge is 0.407 e. The van der Waals surface area contributed by atoms with E-state index in [0.29, 0.717) is 19.0 Å². The lowest BCUT2D eigenvalue weighted by Gasteiger charge is -2.26. The Morgan fingerprint density at radius 1 is 1.07 bits per heavy atom. The molecule has 3 amide bonds. The van der Waals surface area contributed by atoms with Crippen molar-refractivity contribution >= 4 is 34.8 Å². The number of aromatic nitrogens is 2. The van der Waals surface area contributed by atoms with Crippen LogP contribution in [0.25, 0.3) is 0 Å². The Balaban J connectivity index is 1.43. The first-order valence-electron chi connectivity index (χ1n) is 14.2. The number of nitrogens with one attached hydrogen (secondary N) is 3. The van der Waals surface area contributed by atoms with E-state index in [1.54, 1.807) is 35.0 Å². The molecule has 3 aromatic rings. The zero-order chi connectivity index (χ0) is 29.6. The Morgan fingerprint density at radius 2 is 1.85 bits per heavy atom. The number of hydrogen-bond acceptors (Lipinski definition) is 8. The van der Waals surface area contributed by atoms with Gasteiger partial charge in [-0.25, -0.2) is 14.6 Å². The van der Waals surface area contributed by atoms with Crippen molar-refractivity contribution in [1.82, 2.24) is 30.8 Å². The molecule has 3 rings (SSSR count). The predicted molar refractivity (Wildman–Crippen MR) is 166 cm³/mol. The molecule has 3 N–H and O–H groups in total. The number of ether oxygens (including phenoxy) is 1. The molecule has 0 bridgehead atoms. The van der Waals surface area contributed by atoms with Gasteiger partial charge in [-0.3, -0.25) is 4.98 Å². The summed E-state index contributed by atoms with van der Waals surface area (Å²) in [4.78, 5) is 36.6. The van der Waals surface area contributed by atoms with Gasteiger partial charge in [0.15, 0.2) is 0 Å². The molecule has 0 aliphatic heterocycles. The molecule has 0 aliphatic carbocycles. The number of carbonyl (C=O) groups excluding carboxylic acids is 2. The van der Waals surface area contributed by atoms with E-state index < -0.39 is 6.09 Å². The third-order valence-corrected chi connectivity index (χ3v) is 8.62. The Hall–Kier alpha value is -3.02. The maximum Gasteiger partial charge on any atom is 0.407 e. The Labute approximate surface area is 252 Å². The highest BCUT2D eigenvalue weighted by Gasteiger charge is 2.20. The van der Waals surface area contributed by atoms with Crippen LogP contribution in [0, 0.1) is 5.92 Å². The van der Waals surface area contributed by atoms with Gasteiger partial charge in [-0.2, -0.15) is 0 Å². The molecule has 0 saturated carbocycles. The van der Waals surface area contributed by atoms with Crippen molar-refractivity contribution in [3.05, 3.63) is 68.6 Å². The van der Waals surface area contributed by atoms with Crippen LogP contribution in [0.3, 0.4) is 0 Å². The van der Waals surface area contributed by atoms with Crippen LogP contribution in [-0.2, 0) is 24.3 Å². The van der Waals surface area contributed by atoms with Crippen LogP contribution in [0.15, 0.2) is 47.4 Å². The summed E-state index contributed by atoms with van der Waals surface area (Å²) in [5.41, 5.74) is 3.81. The summed E-state index contributed by atoms with van der Waals surface area (Å²) in [5, 5.41) is 12.8. The number of alkyl carbamates (subject to hydrolysis) is 1. The second kappa shape index (κ2) is 17.1. The van der Waals surface area contributed by atoms with E-state index in [-0.39, 0.29) is 30.6 Å². The Morgan fingerprint density at radius 3 is 2.51 bits per heavy atom. The lowest BCUT2D eigenvalue weighted by molar-refractivity contribution is 0.136. The standard InChI is InChI=1S/C30H44N6O3S2/c1-21(2)27(35-29(37)36(5)17-25-19-40-28(33-25)22(3)4)16-31-13-9-12-24(14-23-10-7-6-8-11-23)34-30(38)39-18-26-15-32-20-41-26/h6-8,10-11,15,19-22,24,27,31H,9,12-14,16-18H2,1-5H3,(H,34,38)(H,35,37)/t24-,27?/m1/s1. The van der Waals surface area contributed by atoms with Crippen molar-refractivity contribution in [2.45, 2.75) is 78.1 Å². The second-order valence-corrected chi connectivity index (χ2v) is 12.8. The largest absolute Gasteiger partial charge is 0.444 e. The summed E-state index contributed by atoms with van der Waals surface area (Å²) >= 11 is 3.10. The highest BCUT2D eigenvalue weighted by atomic mass is 32.1. The minimum absolute atomic E-state index is 0.00781. The van der Waals surface area contributed by atoms with E-state index in [9.17, 15) is 9.59 Å². The molecule has 2 aromatic heterocycles. The maximum atomic E-state index is 12.9. The first-order chi connectivity index (χ1) is 19.7. The fourth-order valence-electron chi connectivity index (χ4n) is 4.21. The third-order valence-electron chi connectivity index (χ3n) is 6.67. The van der Waals surface area contributed by atoms with Gasteiger partial charge in [-0.1, -0.05) is 58.0 Å². The van der Waals surface area contributed by atoms with E-state index in [1.807, 2.05) is 23.6 Å². The Bertz CT molecular complexity index is 1170. The van der Waals surface area contributed by atoms with Crippen LogP contribution in [0.5, 0.6) is 0 Å². The summed E-state index contributed by atoms with van der Waals surface area (Å²) in [5.74, 6) is 0.657. The number of hydrogen-bond donors (Lipinski definition) is 3. The highest BCUT2D eigenvalue weighted by molar-refractivity contribution is 7.09. The van der Waals surface area contributed by atoms with Crippen molar-refractivity contribution in [2.75, 3.05) is 20.1 Å². The van der Waals surface area contributed by atoms with Gasteiger partial charge >= 0.3 is 12.1 Å². The van der Waals surface area contributed by atoms with E-state index in [1.165, 1.54) is 11.3 Å². The quantitative estimate of drug-likeness (QED) is 0.180. The fraction of sp³-hybridized carbons (Fsp3) is 0.533. The van der Waals surface area contributed by atoms with Crippen molar-refractivity contribution in [2.24, 2.45) is 5.92 Å². The van der Waals surface area contributed by atoms with Crippen LogP contribution in [0.4, 0.5) is 9.59 Å². The molecular weight excluding hydrogens is 557 g/mol. The van der Waals surface area contributed by atoms with Crippen LogP contribution in [0.2, 0.25) is 0 Å². The summed E-state index contributed by atoms with van der Waals surface area (Å²) in [6.45, 7) is 10.6. The molecule has 2 heterocycles. The molecule has 11 heteroatoms. The normalized spacial score (nSPS) is 12.8. The van der Waals surface area contributed by atoms with Crippen LogP contribution in [-0.4, -0.2) is 59.2 Å². The Kier molecular flexibility index (Phi) is 13.5. The van der Waals surface area contributed by atoms with Gasteiger partial charge < -0.3 is 25.6 Å². The minimum Gasteiger partial charge on any atom is -0.444 e. The van der Waals surface area contributed by atoms with Gasteiger partial charge in [0, 0.05) is 43.2 Å². The molecule has 2 atom stereocenters. The molecular formula is C30H44N6O3S2. The number of rotatable bonds is 16. The van der Waals surface area contributed by atoms with Crippen molar-refractivity contribution in [3.63, 3.8) is 0 Å². The van der Waals surface area contributed by atoms with E-state index in [2.05, 4.69) is 65.7 Å². The molecule has 1 unspecified atom stereocenters. The van der Waals surface area contributed by atoms with Crippen LogP contribution >= 0.6 is 22.7 Å². The molecule has 1 aromatic carbocycles. The third kappa shape index (κ3) is 11.8. The van der Waals surface area contributed by atoms with Gasteiger partial charge in [-0.05, 0) is 37.3 Å². The number of amides is 3. The lowest BCUT2D eigenvalue weighted by Crippen LogP contribution is -2.49. The van der Waals surface area contributed by atoms with Crippen molar-refractivity contribution < 1.29 is 14.3 Å². The number of thiazole rings is 2. The molecule has 0 radical (unpaired) electrons. The van der Waals surface area contributed by atoms with Gasteiger partial charge in [0.1, 0.15) is 6.61 Å². The molecule has 0 fully saturated rings. The molecule has 0 spiro atoms.